The molecule has 0 N–H and O–H groups in total. The molecule has 9 atom stereocenters. The molecule has 1 nitrogen and oxygen atoms in total. The van der Waals surface area contributed by atoms with Crippen molar-refractivity contribution in [2.45, 2.75) is 112 Å². The summed E-state index contributed by atoms with van der Waals surface area (Å²) in [4.78, 5) is 0. The summed E-state index contributed by atoms with van der Waals surface area (Å²) in [5, 5.41) is 0. The van der Waals surface area contributed by atoms with Crippen LogP contribution in [0.5, 0.6) is 0 Å². The zero-order chi connectivity index (χ0) is 22.1. The third kappa shape index (κ3) is 2.39. The Morgan fingerprint density at radius 3 is 2.23 bits per heavy atom. The lowest BCUT2D eigenvalue weighted by Gasteiger charge is -2.72. The third-order valence-electron chi connectivity index (χ3n) is 13.4. The molecule has 1 heterocycles. The molecule has 4 saturated carbocycles. The maximum Gasteiger partial charge on any atom is 0.0663 e. The zero-order valence-corrected chi connectivity index (χ0v) is 21.5. The lowest BCUT2D eigenvalue weighted by Crippen LogP contribution is -2.66. The van der Waals surface area contributed by atoms with E-state index in [1.165, 1.54) is 57.8 Å². The zero-order valence-electron chi connectivity index (χ0n) is 21.5. The van der Waals surface area contributed by atoms with Crippen molar-refractivity contribution in [3.8, 4) is 0 Å². The van der Waals surface area contributed by atoms with Gasteiger partial charge in [0, 0.05) is 0 Å². The van der Waals surface area contributed by atoms with E-state index in [0.29, 0.717) is 38.6 Å². The quantitative estimate of drug-likeness (QED) is 0.357. The normalized spacial score (nSPS) is 58.6. The van der Waals surface area contributed by atoms with Gasteiger partial charge in [0.1, 0.15) is 0 Å². The highest BCUT2D eigenvalue weighted by Gasteiger charge is 2.72. The van der Waals surface area contributed by atoms with E-state index in [0.717, 1.165) is 30.3 Å². The highest BCUT2D eigenvalue weighted by atomic mass is 16.5. The monoisotopic (exact) mass is 424 g/mol. The molecule has 6 aliphatic rings. The summed E-state index contributed by atoms with van der Waals surface area (Å²) in [6.07, 6.45) is 18.5. The minimum Gasteiger partial charge on any atom is -0.377 e. The van der Waals surface area contributed by atoms with Crippen LogP contribution in [0, 0.1) is 56.2 Å². The molecule has 1 heteroatoms. The van der Waals surface area contributed by atoms with Gasteiger partial charge >= 0.3 is 0 Å². The van der Waals surface area contributed by atoms with Crippen molar-refractivity contribution < 1.29 is 4.74 Å². The van der Waals surface area contributed by atoms with Crippen LogP contribution in [0.3, 0.4) is 0 Å². The van der Waals surface area contributed by atoms with Crippen LogP contribution in [-0.2, 0) is 4.74 Å². The van der Waals surface area contributed by atoms with Crippen LogP contribution in [0.4, 0.5) is 0 Å². The highest BCUT2D eigenvalue weighted by Crippen LogP contribution is 2.77. The third-order valence-corrected chi connectivity index (χ3v) is 13.4. The molecule has 0 amide bonds. The van der Waals surface area contributed by atoms with E-state index in [4.69, 9.17) is 4.74 Å². The minimum atomic E-state index is 0.362. The second kappa shape index (κ2) is 6.03. The molecule has 5 fully saturated rings. The molecule has 0 unspecified atom stereocenters. The van der Waals surface area contributed by atoms with Gasteiger partial charge in [-0.25, -0.2) is 0 Å². The largest absolute Gasteiger partial charge is 0.377 e. The summed E-state index contributed by atoms with van der Waals surface area (Å²) < 4.78 is 6.71. The smallest absolute Gasteiger partial charge is 0.0663 e. The summed E-state index contributed by atoms with van der Waals surface area (Å²) >= 11 is 0. The Bertz CT molecular complexity index is 807. The SMILES string of the molecule is CC1(C)CC[C@]23CC[C@]4(C)[C@H](CC[C@@H]5[C@@]6(C)C=CCC(C)(C)[C@@H]6CC[C@]54C)[C@H]2[C@H]1OC3. The van der Waals surface area contributed by atoms with Crippen molar-refractivity contribution >= 4 is 0 Å². The Kier molecular flexibility index (Phi) is 4.13. The molecule has 1 saturated heterocycles. The van der Waals surface area contributed by atoms with Gasteiger partial charge in [-0.3, -0.25) is 0 Å². The lowest BCUT2D eigenvalue weighted by atomic mass is 9.32. The van der Waals surface area contributed by atoms with E-state index >= 15 is 0 Å². The molecule has 1 aliphatic heterocycles. The average Bonchev–Trinajstić information content (AvgIpc) is 3.01. The van der Waals surface area contributed by atoms with Gasteiger partial charge in [-0.05, 0) is 114 Å². The van der Waals surface area contributed by atoms with Gasteiger partial charge in [-0.2, -0.15) is 0 Å². The van der Waals surface area contributed by atoms with Crippen molar-refractivity contribution in [1.82, 2.24) is 0 Å². The van der Waals surface area contributed by atoms with Gasteiger partial charge in [-0.1, -0.05) is 60.6 Å². The van der Waals surface area contributed by atoms with E-state index in [1.54, 1.807) is 0 Å². The molecule has 5 aliphatic carbocycles. The molecule has 0 aromatic heterocycles. The fourth-order valence-corrected chi connectivity index (χ4v) is 11.5. The van der Waals surface area contributed by atoms with Gasteiger partial charge in [0.25, 0.3) is 0 Å². The number of allylic oxidation sites excluding steroid dienone is 2. The van der Waals surface area contributed by atoms with Gasteiger partial charge in [0.05, 0.1) is 12.7 Å². The molecule has 174 valence electrons. The Balaban J connectivity index is 1.42. The number of hydrogen-bond donors (Lipinski definition) is 0. The summed E-state index contributed by atoms with van der Waals surface area (Å²) in [5.74, 6) is 3.39. The van der Waals surface area contributed by atoms with Gasteiger partial charge < -0.3 is 4.74 Å². The fourth-order valence-electron chi connectivity index (χ4n) is 11.5. The molecular weight excluding hydrogens is 376 g/mol. The van der Waals surface area contributed by atoms with Crippen LogP contribution in [0.1, 0.15) is 106 Å². The molecule has 0 spiro atoms. The maximum atomic E-state index is 6.71. The lowest BCUT2D eigenvalue weighted by molar-refractivity contribution is -0.227. The Morgan fingerprint density at radius 1 is 0.710 bits per heavy atom. The van der Waals surface area contributed by atoms with Gasteiger partial charge in [0.2, 0.25) is 0 Å². The maximum absolute atomic E-state index is 6.71. The average molecular weight is 425 g/mol. The Hall–Kier alpha value is -0.300. The molecule has 0 aromatic rings. The molecule has 0 radical (unpaired) electrons. The van der Waals surface area contributed by atoms with Crippen molar-refractivity contribution in [3.05, 3.63) is 12.2 Å². The molecule has 2 bridgehead atoms. The first-order valence-electron chi connectivity index (χ1n) is 13.7. The summed E-state index contributed by atoms with van der Waals surface area (Å²) in [6, 6.07) is 0. The summed E-state index contributed by atoms with van der Waals surface area (Å²) in [5.41, 5.74) is 2.68. The van der Waals surface area contributed by atoms with Crippen molar-refractivity contribution in [1.29, 1.82) is 0 Å². The van der Waals surface area contributed by atoms with Crippen LogP contribution in [0.15, 0.2) is 12.2 Å². The van der Waals surface area contributed by atoms with Crippen LogP contribution in [-0.4, -0.2) is 12.7 Å². The molecule has 0 aromatic carbocycles. The number of hydrogen-bond acceptors (Lipinski definition) is 1. The van der Waals surface area contributed by atoms with E-state index in [9.17, 15) is 0 Å². The van der Waals surface area contributed by atoms with Crippen molar-refractivity contribution in [3.63, 3.8) is 0 Å². The van der Waals surface area contributed by atoms with E-state index in [2.05, 4.69) is 60.6 Å². The number of ether oxygens (including phenoxy) is 1. The predicted molar refractivity (Wildman–Crippen MR) is 129 cm³/mol. The van der Waals surface area contributed by atoms with E-state index < -0.39 is 0 Å². The van der Waals surface area contributed by atoms with Crippen LogP contribution in [0.2, 0.25) is 0 Å². The van der Waals surface area contributed by atoms with Gasteiger partial charge in [0.15, 0.2) is 0 Å². The highest BCUT2D eigenvalue weighted by molar-refractivity contribution is 5.24. The number of fused-ring (bicyclic) bond motifs is 5. The van der Waals surface area contributed by atoms with Crippen LogP contribution < -0.4 is 0 Å². The Morgan fingerprint density at radius 2 is 1.45 bits per heavy atom. The minimum absolute atomic E-state index is 0.362. The summed E-state index contributed by atoms with van der Waals surface area (Å²) in [7, 11) is 0. The fraction of sp³-hybridized carbons (Fsp3) is 0.933. The van der Waals surface area contributed by atoms with Crippen molar-refractivity contribution in [2.75, 3.05) is 6.61 Å². The first-order valence-corrected chi connectivity index (χ1v) is 13.7. The second-order valence-electron chi connectivity index (χ2n) is 15.2. The van der Waals surface area contributed by atoms with Gasteiger partial charge in [-0.15, -0.1) is 0 Å². The standard InChI is InChI=1S/C30H48O/c1-25(2)12-8-13-27(5)21(25)11-14-29(7)22(27)10-9-20-23-24-26(3,4)15-17-30(23,19-31-24)18-16-28(20,29)6/h8,13,20-24H,9-12,14-19H2,1-7H3/t20-,21+,22-,23+,24-,27+,28-,29-,30-/m1/s1. The first-order chi connectivity index (χ1) is 14.4. The topological polar surface area (TPSA) is 9.23 Å². The van der Waals surface area contributed by atoms with E-state index in [1.807, 2.05) is 0 Å². The van der Waals surface area contributed by atoms with E-state index in [-0.39, 0.29) is 0 Å². The Labute approximate surface area is 192 Å². The van der Waals surface area contributed by atoms with Crippen LogP contribution >= 0.6 is 0 Å². The molecular formula is C30H48O. The second-order valence-corrected chi connectivity index (χ2v) is 15.2. The molecule has 31 heavy (non-hydrogen) atoms. The van der Waals surface area contributed by atoms with Crippen molar-refractivity contribution in [2.24, 2.45) is 56.2 Å². The molecule has 6 rings (SSSR count). The number of rotatable bonds is 0. The predicted octanol–water partition coefficient (Wildman–Crippen LogP) is 8.04. The summed E-state index contributed by atoms with van der Waals surface area (Å²) in [6.45, 7) is 19.4. The first kappa shape index (κ1) is 21.2. The van der Waals surface area contributed by atoms with Crippen LogP contribution in [0.25, 0.3) is 0 Å².